The first kappa shape index (κ1) is 15.4. The number of aliphatic hydroxyl groups is 1. The minimum atomic E-state index is 0.0563. The summed E-state index contributed by atoms with van der Waals surface area (Å²) in [5.74, 6) is 0.506. The molecule has 18 heavy (non-hydrogen) atoms. The lowest BCUT2D eigenvalue weighted by molar-refractivity contribution is -0.121. The number of nitrogens with one attached hydrogen (secondary N) is 2. The van der Waals surface area contributed by atoms with E-state index in [1.165, 1.54) is 0 Å². The van der Waals surface area contributed by atoms with Crippen LogP contribution in [0.4, 0.5) is 0 Å². The highest BCUT2D eigenvalue weighted by molar-refractivity contribution is 5.78. The number of rotatable bonds is 8. The molecule has 5 nitrogen and oxygen atoms in total. The molecule has 0 bridgehead atoms. The Hall–Kier alpha value is -0.650. The van der Waals surface area contributed by atoms with Gasteiger partial charge in [0.05, 0.1) is 6.54 Å². The average Bonchev–Trinajstić information content (AvgIpc) is 2.39. The zero-order valence-electron chi connectivity index (χ0n) is 11.3. The molecule has 0 aromatic heterocycles. The van der Waals surface area contributed by atoms with E-state index < -0.39 is 0 Å². The van der Waals surface area contributed by atoms with Crippen molar-refractivity contribution in [1.29, 1.82) is 0 Å². The van der Waals surface area contributed by atoms with E-state index in [1.807, 2.05) is 0 Å². The Bertz CT molecular complexity index is 230. The number of carbonyl (C=O) groups excluding carboxylic acids is 1. The zero-order valence-corrected chi connectivity index (χ0v) is 11.3. The largest absolute Gasteiger partial charge is 0.396 e. The van der Waals surface area contributed by atoms with Crippen molar-refractivity contribution >= 4 is 5.91 Å². The maximum absolute atomic E-state index is 11.7. The molecular formula is C13H26N2O3. The second kappa shape index (κ2) is 9.30. The second-order valence-corrected chi connectivity index (χ2v) is 4.87. The Morgan fingerprint density at radius 1 is 1.44 bits per heavy atom. The third-order valence-electron chi connectivity index (χ3n) is 3.42. The number of hydrogen-bond acceptors (Lipinski definition) is 4. The molecule has 5 heteroatoms. The normalized spacial score (nSPS) is 18.6. The van der Waals surface area contributed by atoms with Crippen LogP contribution in [0.25, 0.3) is 0 Å². The highest BCUT2D eigenvalue weighted by Gasteiger charge is 2.15. The Morgan fingerprint density at radius 3 is 2.78 bits per heavy atom. The molecule has 1 aliphatic heterocycles. The van der Waals surface area contributed by atoms with Crippen LogP contribution in [0.15, 0.2) is 0 Å². The summed E-state index contributed by atoms with van der Waals surface area (Å²) in [6.07, 6.45) is 3.64. The molecule has 1 amide bonds. The highest BCUT2D eigenvalue weighted by atomic mass is 16.5. The topological polar surface area (TPSA) is 70.6 Å². The smallest absolute Gasteiger partial charge is 0.234 e. The van der Waals surface area contributed by atoms with Crippen molar-refractivity contribution in [2.24, 2.45) is 5.92 Å². The van der Waals surface area contributed by atoms with E-state index in [4.69, 9.17) is 9.84 Å². The Labute approximate surface area is 109 Å². The lowest BCUT2D eigenvalue weighted by atomic mass is 10.0. The van der Waals surface area contributed by atoms with Gasteiger partial charge in [0.1, 0.15) is 0 Å². The van der Waals surface area contributed by atoms with Gasteiger partial charge < -0.3 is 20.5 Å². The van der Waals surface area contributed by atoms with Crippen molar-refractivity contribution in [3.63, 3.8) is 0 Å². The predicted octanol–water partition coefficient (Wildman–Crippen LogP) is 0.280. The number of ether oxygens (including phenoxy) is 1. The van der Waals surface area contributed by atoms with Gasteiger partial charge in [-0.2, -0.15) is 0 Å². The SMILES string of the molecule is CCC(CCO)CNCC(=O)NC1CCOCC1. The quantitative estimate of drug-likeness (QED) is 0.585. The van der Waals surface area contributed by atoms with Gasteiger partial charge >= 0.3 is 0 Å². The fourth-order valence-corrected chi connectivity index (χ4v) is 2.14. The summed E-state index contributed by atoms with van der Waals surface area (Å²) in [4.78, 5) is 11.7. The summed E-state index contributed by atoms with van der Waals surface area (Å²) in [5, 5.41) is 15.0. The van der Waals surface area contributed by atoms with Crippen LogP contribution < -0.4 is 10.6 Å². The second-order valence-electron chi connectivity index (χ2n) is 4.87. The minimum Gasteiger partial charge on any atom is -0.396 e. The van der Waals surface area contributed by atoms with Crippen LogP contribution in [-0.4, -0.2) is 50.0 Å². The molecule has 1 atom stereocenters. The lowest BCUT2D eigenvalue weighted by Crippen LogP contribution is -2.43. The van der Waals surface area contributed by atoms with Gasteiger partial charge in [0.2, 0.25) is 5.91 Å². The first-order valence-corrected chi connectivity index (χ1v) is 6.95. The van der Waals surface area contributed by atoms with Gasteiger partial charge in [-0.3, -0.25) is 4.79 Å². The standard InChI is InChI=1S/C13H26N2O3/c1-2-11(3-6-16)9-14-10-13(17)15-12-4-7-18-8-5-12/h11-12,14,16H,2-10H2,1H3,(H,15,17). The molecule has 106 valence electrons. The zero-order chi connectivity index (χ0) is 13.2. The Morgan fingerprint density at radius 2 is 2.17 bits per heavy atom. The van der Waals surface area contributed by atoms with Gasteiger partial charge in [0.25, 0.3) is 0 Å². The van der Waals surface area contributed by atoms with E-state index in [-0.39, 0.29) is 18.6 Å². The van der Waals surface area contributed by atoms with Gasteiger partial charge in [-0.25, -0.2) is 0 Å². The first-order valence-electron chi connectivity index (χ1n) is 6.95. The van der Waals surface area contributed by atoms with Crippen LogP contribution in [0.1, 0.15) is 32.6 Å². The van der Waals surface area contributed by atoms with Crippen LogP contribution in [0.2, 0.25) is 0 Å². The third kappa shape index (κ3) is 6.33. The van der Waals surface area contributed by atoms with Gasteiger partial charge in [-0.1, -0.05) is 13.3 Å². The van der Waals surface area contributed by atoms with E-state index in [9.17, 15) is 4.79 Å². The van der Waals surface area contributed by atoms with Gasteiger partial charge in [-0.15, -0.1) is 0 Å². The molecule has 0 radical (unpaired) electrons. The molecule has 0 aromatic carbocycles. The third-order valence-corrected chi connectivity index (χ3v) is 3.42. The van der Waals surface area contributed by atoms with E-state index in [0.29, 0.717) is 12.5 Å². The maximum atomic E-state index is 11.7. The van der Waals surface area contributed by atoms with E-state index in [1.54, 1.807) is 0 Å². The summed E-state index contributed by atoms with van der Waals surface area (Å²) >= 11 is 0. The minimum absolute atomic E-state index is 0.0563. The molecule has 0 saturated carbocycles. The maximum Gasteiger partial charge on any atom is 0.234 e. The van der Waals surface area contributed by atoms with E-state index in [2.05, 4.69) is 17.6 Å². The van der Waals surface area contributed by atoms with Crippen LogP contribution in [0.3, 0.4) is 0 Å². The van der Waals surface area contributed by atoms with Crippen LogP contribution in [0.5, 0.6) is 0 Å². The van der Waals surface area contributed by atoms with Crippen molar-refractivity contribution in [3.05, 3.63) is 0 Å². The monoisotopic (exact) mass is 258 g/mol. The van der Waals surface area contributed by atoms with Crippen molar-refractivity contribution in [3.8, 4) is 0 Å². The van der Waals surface area contributed by atoms with Gasteiger partial charge in [0.15, 0.2) is 0 Å². The number of aliphatic hydroxyl groups excluding tert-OH is 1. The van der Waals surface area contributed by atoms with Crippen molar-refractivity contribution < 1.29 is 14.6 Å². The summed E-state index contributed by atoms with van der Waals surface area (Å²) in [5.41, 5.74) is 0. The number of amides is 1. The Balaban J connectivity index is 2.08. The molecule has 0 aliphatic carbocycles. The van der Waals surface area contributed by atoms with E-state index >= 15 is 0 Å². The van der Waals surface area contributed by atoms with Crippen LogP contribution in [0, 0.1) is 5.92 Å². The van der Waals surface area contributed by atoms with Crippen molar-refractivity contribution in [2.45, 2.75) is 38.6 Å². The molecule has 1 fully saturated rings. The van der Waals surface area contributed by atoms with Gasteiger partial charge in [-0.05, 0) is 31.7 Å². The number of carbonyl (C=O) groups is 1. The molecule has 3 N–H and O–H groups in total. The summed E-state index contributed by atoms with van der Waals surface area (Å²) in [6.45, 7) is 4.95. The van der Waals surface area contributed by atoms with Crippen LogP contribution >= 0.6 is 0 Å². The molecule has 1 saturated heterocycles. The summed E-state index contributed by atoms with van der Waals surface area (Å²) in [6, 6.07) is 0.271. The molecule has 0 aromatic rings. The van der Waals surface area contributed by atoms with E-state index in [0.717, 1.165) is 45.4 Å². The average molecular weight is 258 g/mol. The molecule has 1 unspecified atom stereocenters. The van der Waals surface area contributed by atoms with Crippen molar-refractivity contribution in [2.75, 3.05) is 32.9 Å². The Kier molecular flexibility index (Phi) is 7.96. The first-order chi connectivity index (χ1) is 8.76. The lowest BCUT2D eigenvalue weighted by Gasteiger charge is -2.23. The van der Waals surface area contributed by atoms with Crippen molar-refractivity contribution in [1.82, 2.24) is 10.6 Å². The molecule has 0 spiro atoms. The molecule has 1 rings (SSSR count). The summed E-state index contributed by atoms with van der Waals surface area (Å²) in [7, 11) is 0. The molecule has 1 aliphatic rings. The fourth-order valence-electron chi connectivity index (χ4n) is 2.14. The number of hydrogen-bond donors (Lipinski definition) is 3. The fraction of sp³-hybridized carbons (Fsp3) is 0.923. The van der Waals surface area contributed by atoms with Crippen LogP contribution in [-0.2, 0) is 9.53 Å². The summed E-state index contributed by atoms with van der Waals surface area (Å²) < 4.78 is 5.24. The molecule has 1 heterocycles. The van der Waals surface area contributed by atoms with Gasteiger partial charge in [0, 0.05) is 25.9 Å². The molecular weight excluding hydrogens is 232 g/mol. The predicted molar refractivity (Wildman–Crippen MR) is 70.3 cm³/mol. The highest BCUT2D eigenvalue weighted by Crippen LogP contribution is 2.06.